The molecule has 0 N–H and O–H groups in total. The molecule has 1 rings (SSSR count). The summed E-state index contributed by atoms with van der Waals surface area (Å²) in [5, 5.41) is 0. The largest absolute Gasteiger partial charge is 0.232 e. The van der Waals surface area contributed by atoms with Crippen LogP contribution in [0.15, 0.2) is 30.3 Å². The van der Waals surface area contributed by atoms with Crippen LogP contribution >= 0.6 is 10.7 Å². The van der Waals surface area contributed by atoms with E-state index in [1.54, 1.807) is 30.3 Å². The predicted molar refractivity (Wildman–Crippen MR) is 98.7 cm³/mol. The minimum absolute atomic E-state index is 0.162. The highest BCUT2D eigenvalue weighted by Crippen LogP contribution is 2.16. The first-order valence-corrected chi connectivity index (χ1v) is 13.5. The molecule has 0 unspecified atom stereocenters. The molecule has 11 heteroatoms. The van der Waals surface area contributed by atoms with Gasteiger partial charge in [0.2, 0.25) is 29.1 Å². The van der Waals surface area contributed by atoms with Crippen LogP contribution in [0.1, 0.15) is 31.2 Å². The summed E-state index contributed by atoms with van der Waals surface area (Å²) in [6.45, 7) is -0.244. The van der Waals surface area contributed by atoms with Crippen LogP contribution in [-0.2, 0) is 35.6 Å². The van der Waals surface area contributed by atoms with E-state index in [9.17, 15) is 25.3 Å². The van der Waals surface area contributed by atoms with E-state index >= 15 is 0 Å². The van der Waals surface area contributed by atoms with Gasteiger partial charge in [0, 0.05) is 10.7 Å². The molecule has 0 radical (unpaired) electrons. The minimum atomic E-state index is -3.99. The quantitative estimate of drug-likeness (QED) is 0.391. The summed E-state index contributed by atoms with van der Waals surface area (Å²) in [5.74, 6) is -0.481. The lowest BCUT2D eigenvalue weighted by Gasteiger charge is -2.20. The molecule has 0 aliphatic heterocycles. The fourth-order valence-electron chi connectivity index (χ4n) is 2.17. The van der Waals surface area contributed by atoms with Crippen molar-refractivity contribution in [1.82, 2.24) is 3.71 Å². The van der Waals surface area contributed by atoms with Crippen molar-refractivity contribution in [1.29, 1.82) is 0 Å². The number of rotatable bonds is 11. The zero-order valence-electron chi connectivity index (χ0n) is 13.8. The second-order valence-corrected chi connectivity index (χ2v) is 12.7. The molecular formula is C14H22ClNO6S3. The van der Waals surface area contributed by atoms with Gasteiger partial charge in [-0.3, -0.25) is 0 Å². The van der Waals surface area contributed by atoms with Gasteiger partial charge in [-0.1, -0.05) is 46.9 Å². The van der Waals surface area contributed by atoms with Crippen molar-refractivity contribution < 1.29 is 25.3 Å². The number of unbranched alkanes of at least 4 members (excludes halogenated alkanes) is 3. The molecule has 0 aliphatic carbocycles. The highest BCUT2D eigenvalue weighted by molar-refractivity contribution is 8.13. The molecule has 144 valence electrons. The Bertz CT molecular complexity index is 851. The maximum atomic E-state index is 12.4. The van der Waals surface area contributed by atoms with Crippen molar-refractivity contribution in [3.63, 3.8) is 0 Å². The van der Waals surface area contributed by atoms with E-state index in [4.69, 9.17) is 10.7 Å². The van der Waals surface area contributed by atoms with Crippen molar-refractivity contribution in [3.05, 3.63) is 35.9 Å². The molecule has 0 aliphatic rings. The van der Waals surface area contributed by atoms with Crippen molar-refractivity contribution in [2.75, 3.05) is 17.8 Å². The van der Waals surface area contributed by atoms with Crippen LogP contribution < -0.4 is 0 Å². The predicted octanol–water partition coefficient (Wildman–Crippen LogP) is 1.91. The number of hydrogen-bond donors (Lipinski definition) is 0. The van der Waals surface area contributed by atoms with Crippen molar-refractivity contribution in [2.24, 2.45) is 0 Å². The van der Waals surface area contributed by atoms with Gasteiger partial charge < -0.3 is 0 Å². The van der Waals surface area contributed by atoms with Gasteiger partial charge in [-0.2, -0.15) is 0 Å². The molecule has 0 saturated carbocycles. The van der Waals surface area contributed by atoms with Crippen LogP contribution in [0.25, 0.3) is 0 Å². The zero-order valence-corrected chi connectivity index (χ0v) is 17.0. The van der Waals surface area contributed by atoms with Crippen LogP contribution in [0.4, 0.5) is 0 Å². The van der Waals surface area contributed by atoms with E-state index in [-0.39, 0.29) is 24.5 Å². The number of hydrogen-bond acceptors (Lipinski definition) is 6. The maximum absolute atomic E-state index is 12.4. The average Bonchev–Trinajstić information content (AvgIpc) is 2.47. The topological polar surface area (TPSA) is 106 Å². The Morgan fingerprint density at radius 2 is 1.36 bits per heavy atom. The Kier molecular flexibility index (Phi) is 8.33. The smallest absolute Gasteiger partial charge is 0.212 e. The third-order valence-electron chi connectivity index (χ3n) is 3.38. The normalized spacial score (nSPS) is 13.2. The Morgan fingerprint density at radius 1 is 0.840 bits per heavy atom. The summed E-state index contributed by atoms with van der Waals surface area (Å²) < 4.78 is 70.7. The summed E-state index contributed by atoms with van der Waals surface area (Å²) in [5.41, 5.74) is 0.573. The molecule has 0 fully saturated rings. The molecule has 1 aromatic rings. The summed E-state index contributed by atoms with van der Waals surface area (Å²) in [4.78, 5) is 0. The highest BCUT2D eigenvalue weighted by Gasteiger charge is 2.30. The molecule has 0 spiro atoms. The molecule has 0 amide bonds. The van der Waals surface area contributed by atoms with Crippen molar-refractivity contribution >= 4 is 39.8 Å². The van der Waals surface area contributed by atoms with Crippen LogP contribution in [0.5, 0.6) is 0 Å². The molecule has 7 nitrogen and oxygen atoms in total. The van der Waals surface area contributed by atoms with Gasteiger partial charge in [0.25, 0.3) is 0 Å². The lowest BCUT2D eigenvalue weighted by molar-refractivity contribution is 0.496. The van der Waals surface area contributed by atoms with Crippen LogP contribution in [0.2, 0.25) is 0 Å². The average molecular weight is 432 g/mol. The van der Waals surface area contributed by atoms with Gasteiger partial charge in [0.1, 0.15) is 0 Å². The summed E-state index contributed by atoms with van der Waals surface area (Å²) >= 11 is 0. The van der Waals surface area contributed by atoms with Gasteiger partial charge in [0.15, 0.2) is 0 Å². The van der Waals surface area contributed by atoms with E-state index in [0.29, 0.717) is 28.5 Å². The fraction of sp³-hybridized carbons (Fsp3) is 0.571. The summed E-state index contributed by atoms with van der Waals surface area (Å²) in [7, 11) is -6.38. The number of halogens is 1. The van der Waals surface area contributed by atoms with Gasteiger partial charge >= 0.3 is 0 Å². The number of benzene rings is 1. The lowest BCUT2D eigenvalue weighted by Crippen LogP contribution is -2.37. The minimum Gasteiger partial charge on any atom is -0.212 e. The fourth-order valence-corrected chi connectivity index (χ4v) is 6.42. The number of nitrogens with zero attached hydrogens (tertiary/aromatic N) is 1. The van der Waals surface area contributed by atoms with E-state index < -0.39 is 29.1 Å². The molecule has 0 saturated heterocycles. The van der Waals surface area contributed by atoms with Gasteiger partial charge in [-0.25, -0.2) is 25.3 Å². The second kappa shape index (κ2) is 9.31. The molecular weight excluding hydrogens is 410 g/mol. The summed E-state index contributed by atoms with van der Waals surface area (Å²) in [6, 6.07) is 8.46. The standard InChI is InChI=1S/C14H22ClNO6S3/c1-23(17,18)16(13-14-9-5-4-6-10-14)25(21,22)12-8-3-2-7-11-24(15,19)20/h4-6,9-10H,2-3,7-8,11-13H2,1H3. The van der Waals surface area contributed by atoms with Gasteiger partial charge in [0.05, 0.1) is 24.3 Å². The van der Waals surface area contributed by atoms with Gasteiger partial charge in [-0.05, 0) is 18.4 Å². The van der Waals surface area contributed by atoms with Gasteiger partial charge in [-0.15, -0.1) is 0 Å². The maximum Gasteiger partial charge on any atom is 0.232 e. The van der Waals surface area contributed by atoms with Crippen molar-refractivity contribution in [2.45, 2.75) is 32.2 Å². The Morgan fingerprint density at radius 3 is 1.84 bits per heavy atom. The van der Waals surface area contributed by atoms with E-state index in [2.05, 4.69) is 0 Å². The SMILES string of the molecule is CS(=O)(=O)N(Cc1ccccc1)S(=O)(=O)CCCCCCS(=O)(=O)Cl. The lowest BCUT2D eigenvalue weighted by atomic mass is 10.2. The second-order valence-electron chi connectivity index (χ2n) is 5.65. The first-order chi connectivity index (χ1) is 11.4. The molecule has 0 aromatic heterocycles. The Balaban J connectivity index is 2.65. The molecule has 0 atom stereocenters. The Hall–Kier alpha value is -0.680. The monoisotopic (exact) mass is 431 g/mol. The van der Waals surface area contributed by atoms with E-state index in [1.807, 2.05) is 0 Å². The first-order valence-electron chi connectivity index (χ1n) is 7.59. The van der Waals surface area contributed by atoms with E-state index in [1.165, 1.54) is 0 Å². The molecule has 1 aromatic carbocycles. The molecule has 0 bridgehead atoms. The van der Waals surface area contributed by atoms with Crippen molar-refractivity contribution in [3.8, 4) is 0 Å². The zero-order chi connectivity index (χ0) is 19.1. The van der Waals surface area contributed by atoms with E-state index in [0.717, 1.165) is 6.26 Å². The summed E-state index contributed by atoms with van der Waals surface area (Å²) in [6.07, 6.45) is 2.41. The molecule has 0 heterocycles. The highest BCUT2D eigenvalue weighted by atomic mass is 35.7. The van der Waals surface area contributed by atoms with Crippen LogP contribution in [-0.4, -0.2) is 46.7 Å². The van der Waals surface area contributed by atoms with Crippen LogP contribution in [0, 0.1) is 0 Å². The third kappa shape index (κ3) is 9.00. The number of sulfonamides is 2. The first kappa shape index (κ1) is 22.4. The Labute approximate surface area is 154 Å². The van der Waals surface area contributed by atoms with Crippen LogP contribution in [0.3, 0.4) is 0 Å². The molecule has 25 heavy (non-hydrogen) atoms. The third-order valence-corrected chi connectivity index (χ3v) is 8.53.